The van der Waals surface area contributed by atoms with Gasteiger partial charge in [-0.1, -0.05) is 89.4 Å². The van der Waals surface area contributed by atoms with E-state index in [-0.39, 0.29) is 11.3 Å². The molecule has 1 amide bonds. The van der Waals surface area contributed by atoms with Crippen LogP contribution in [0.5, 0.6) is 0 Å². The van der Waals surface area contributed by atoms with Crippen LogP contribution in [0.15, 0.2) is 90.5 Å². The van der Waals surface area contributed by atoms with Gasteiger partial charge in [0.1, 0.15) is 5.76 Å². The Kier molecular flexibility index (Phi) is 5.64. The van der Waals surface area contributed by atoms with Crippen molar-refractivity contribution in [3.63, 3.8) is 0 Å². The van der Waals surface area contributed by atoms with Gasteiger partial charge in [-0.3, -0.25) is 14.5 Å². The Morgan fingerprint density at radius 2 is 1.56 bits per heavy atom. The lowest BCUT2D eigenvalue weighted by Crippen LogP contribution is -2.29. The lowest BCUT2D eigenvalue weighted by atomic mass is 9.93. The monoisotopic (exact) mass is 487 g/mol. The highest BCUT2D eigenvalue weighted by Crippen LogP contribution is 2.44. The molecule has 1 saturated heterocycles. The molecule has 168 valence electrons. The lowest BCUT2D eigenvalue weighted by molar-refractivity contribution is -0.132. The first-order valence-electron chi connectivity index (χ1n) is 10.7. The predicted molar refractivity (Wildman–Crippen MR) is 136 cm³/mol. The molecule has 1 N–H and O–H groups in total. The Bertz CT molecular complexity index is 1490. The Morgan fingerprint density at radius 3 is 2.29 bits per heavy atom. The number of carbonyl (C=O) groups excluding carboxylic acids is 2. The summed E-state index contributed by atoms with van der Waals surface area (Å²) < 4.78 is 0. The molecule has 0 aromatic heterocycles. The van der Waals surface area contributed by atoms with Crippen LogP contribution in [-0.4, -0.2) is 16.8 Å². The van der Waals surface area contributed by atoms with Crippen LogP contribution in [0.2, 0.25) is 10.0 Å². The van der Waals surface area contributed by atoms with Crippen LogP contribution >= 0.6 is 23.2 Å². The molecular weight excluding hydrogens is 469 g/mol. The van der Waals surface area contributed by atoms with Gasteiger partial charge in [0.15, 0.2) is 0 Å². The minimum Gasteiger partial charge on any atom is -0.507 e. The highest BCUT2D eigenvalue weighted by Gasteiger charge is 2.47. The number of aliphatic hydroxyl groups is 1. The van der Waals surface area contributed by atoms with Crippen LogP contribution in [0.3, 0.4) is 0 Å². The number of hydrogen-bond acceptors (Lipinski definition) is 3. The molecule has 4 aromatic carbocycles. The van der Waals surface area contributed by atoms with Crippen LogP contribution in [0.25, 0.3) is 16.5 Å². The van der Waals surface area contributed by atoms with Gasteiger partial charge in [-0.2, -0.15) is 0 Å². The molecule has 4 nitrogen and oxygen atoms in total. The Balaban J connectivity index is 1.79. The SMILES string of the molecule is Cc1ccc(N2C(=O)C(=O)/C(=C(\O)c3cccc4ccccc34)C2c2ccc(Cl)c(Cl)c2)cc1. The minimum atomic E-state index is -0.878. The summed E-state index contributed by atoms with van der Waals surface area (Å²) in [5, 5.41) is 13.8. The largest absolute Gasteiger partial charge is 0.507 e. The standard InChI is InChI=1S/C28H19Cl2NO3/c1-16-9-12-19(13-10-16)31-25(18-11-14-22(29)23(30)15-18)24(27(33)28(31)34)26(32)21-8-4-6-17-5-2-3-7-20(17)21/h2-15,25,32H,1H3/b26-24-. The van der Waals surface area contributed by atoms with E-state index in [1.807, 2.05) is 55.5 Å². The predicted octanol–water partition coefficient (Wildman–Crippen LogP) is 7.08. The molecular formula is C28H19Cl2NO3. The van der Waals surface area contributed by atoms with E-state index >= 15 is 0 Å². The first kappa shape index (κ1) is 22.2. The van der Waals surface area contributed by atoms with E-state index in [1.165, 1.54) is 4.90 Å². The number of fused-ring (bicyclic) bond motifs is 1. The van der Waals surface area contributed by atoms with E-state index in [4.69, 9.17) is 23.2 Å². The molecule has 0 spiro atoms. The molecule has 1 fully saturated rings. The van der Waals surface area contributed by atoms with Crippen molar-refractivity contribution in [1.82, 2.24) is 0 Å². The molecule has 0 bridgehead atoms. The van der Waals surface area contributed by atoms with Gasteiger partial charge >= 0.3 is 0 Å². The number of Topliss-reactive ketones (excluding diaryl/α,β-unsaturated/α-hetero) is 1. The van der Waals surface area contributed by atoms with E-state index in [0.717, 1.165) is 16.3 Å². The number of benzene rings is 4. The number of aryl methyl sites for hydroxylation is 1. The highest BCUT2D eigenvalue weighted by atomic mass is 35.5. The number of nitrogens with zero attached hydrogens (tertiary/aromatic N) is 1. The number of ketones is 1. The third-order valence-corrected chi connectivity index (χ3v) is 6.80. The second-order valence-corrected chi connectivity index (χ2v) is 9.02. The normalized spacial score (nSPS) is 17.5. The second-order valence-electron chi connectivity index (χ2n) is 8.20. The zero-order valence-corrected chi connectivity index (χ0v) is 19.6. The molecule has 1 aliphatic rings. The van der Waals surface area contributed by atoms with Crippen LogP contribution in [-0.2, 0) is 9.59 Å². The van der Waals surface area contributed by atoms with Crippen molar-refractivity contribution in [1.29, 1.82) is 0 Å². The van der Waals surface area contributed by atoms with Gasteiger partial charge in [-0.05, 0) is 47.5 Å². The van der Waals surface area contributed by atoms with E-state index in [1.54, 1.807) is 36.4 Å². The fourth-order valence-corrected chi connectivity index (χ4v) is 4.69. The van der Waals surface area contributed by atoms with Crippen molar-refractivity contribution in [2.45, 2.75) is 13.0 Å². The third kappa shape index (κ3) is 3.65. The zero-order valence-electron chi connectivity index (χ0n) is 18.1. The minimum absolute atomic E-state index is 0.000294. The number of halogens is 2. The summed E-state index contributed by atoms with van der Waals surface area (Å²) in [6, 6.07) is 24.4. The smallest absolute Gasteiger partial charge is 0.300 e. The molecule has 1 atom stereocenters. The van der Waals surface area contributed by atoms with Gasteiger partial charge < -0.3 is 5.11 Å². The van der Waals surface area contributed by atoms with Crippen molar-refractivity contribution < 1.29 is 14.7 Å². The highest BCUT2D eigenvalue weighted by molar-refractivity contribution is 6.52. The number of anilines is 1. The van der Waals surface area contributed by atoms with E-state index < -0.39 is 17.7 Å². The molecule has 0 saturated carbocycles. The van der Waals surface area contributed by atoms with Gasteiger partial charge in [-0.25, -0.2) is 0 Å². The summed E-state index contributed by atoms with van der Waals surface area (Å²) in [5.41, 5.74) is 2.60. The maximum Gasteiger partial charge on any atom is 0.300 e. The molecule has 4 aromatic rings. The number of amides is 1. The summed E-state index contributed by atoms with van der Waals surface area (Å²) in [7, 11) is 0. The van der Waals surface area contributed by atoms with Crippen molar-refractivity contribution in [2.75, 3.05) is 4.90 Å². The number of carbonyl (C=O) groups is 2. The second kappa shape index (κ2) is 8.64. The summed E-state index contributed by atoms with van der Waals surface area (Å²) in [6.45, 7) is 1.94. The van der Waals surface area contributed by atoms with E-state index in [0.29, 0.717) is 26.9 Å². The zero-order chi connectivity index (χ0) is 24.0. The summed E-state index contributed by atoms with van der Waals surface area (Å²) in [4.78, 5) is 28.1. The fourth-order valence-electron chi connectivity index (χ4n) is 4.38. The number of rotatable bonds is 3. The molecule has 0 radical (unpaired) electrons. The van der Waals surface area contributed by atoms with Gasteiger partial charge in [-0.15, -0.1) is 0 Å². The van der Waals surface area contributed by atoms with E-state index in [9.17, 15) is 14.7 Å². The van der Waals surface area contributed by atoms with Gasteiger partial charge in [0.05, 0.1) is 21.7 Å². The van der Waals surface area contributed by atoms with Gasteiger partial charge in [0.25, 0.3) is 11.7 Å². The topological polar surface area (TPSA) is 57.6 Å². The van der Waals surface area contributed by atoms with Crippen molar-refractivity contribution in [3.8, 4) is 0 Å². The van der Waals surface area contributed by atoms with Crippen LogP contribution in [0, 0.1) is 6.92 Å². The Labute approximate surface area is 206 Å². The van der Waals surface area contributed by atoms with E-state index in [2.05, 4.69) is 0 Å². The maximum absolute atomic E-state index is 13.4. The van der Waals surface area contributed by atoms with Crippen molar-refractivity contribution in [2.24, 2.45) is 0 Å². The first-order chi connectivity index (χ1) is 16.4. The average Bonchev–Trinajstić information content (AvgIpc) is 3.11. The van der Waals surface area contributed by atoms with Crippen molar-refractivity contribution in [3.05, 3.63) is 117 Å². The summed E-state index contributed by atoms with van der Waals surface area (Å²) >= 11 is 12.4. The Morgan fingerprint density at radius 1 is 0.853 bits per heavy atom. The Hall–Kier alpha value is -3.60. The van der Waals surface area contributed by atoms with Crippen LogP contribution in [0.1, 0.15) is 22.7 Å². The average molecular weight is 488 g/mol. The molecule has 1 heterocycles. The quantitative estimate of drug-likeness (QED) is 0.190. The molecule has 1 unspecified atom stereocenters. The molecule has 6 heteroatoms. The van der Waals surface area contributed by atoms with Crippen LogP contribution < -0.4 is 4.90 Å². The van der Waals surface area contributed by atoms with Crippen molar-refractivity contribution >= 4 is 57.1 Å². The molecule has 34 heavy (non-hydrogen) atoms. The maximum atomic E-state index is 13.4. The van der Waals surface area contributed by atoms with Gasteiger partial charge in [0.2, 0.25) is 0 Å². The molecule has 0 aliphatic carbocycles. The third-order valence-electron chi connectivity index (χ3n) is 6.06. The first-order valence-corrected chi connectivity index (χ1v) is 11.4. The summed E-state index contributed by atoms with van der Waals surface area (Å²) in [6.07, 6.45) is 0. The fraction of sp³-hybridized carbons (Fsp3) is 0.0714. The summed E-state index contributed by atoms with van der Waals surface area (Å²) in [5.74, 6) is -1.72. The van der Waals surface area contributed by atoms with Crippen LogP contribution in [0.4, 0.5) is 5.69 Å². The molecule has 5 rings (SSSR count). The van der Waals surface area contributed by atoms with Gasteiger partial charge in [0, 0.05) is 11.3 Å². The molecule has 1 aliphatic heterocycles. The number of aliphatic hydroxyl groups excluding tert-OH is 1. The lowest BCUT2D eigenvalue weighted by Gasteiger charge is -2.26. The number of hydrogen-bond donors (Lipinski definition) is 1.